The number of likely N-dealkylation sites (tertiary alicyclic amines) is 1. The second-order valence-corrected chi connectivity index (χ2v) is 8.44. The third kappa shape index (κ3) is 4.17. The first-order valence-corrected chi connectivity index (χ1v) is 9.41. The minimum absolute atomic E-state index is 0.0513. The average molecular weight is 318 g/mol. The monoisotopic (exact) mass is 318 g/mol. The summed E-state index contributed by atoms with van der Waals surface area (Å²) >= 11 is 0. The Hall–Kier alpha value is -0.660. The normalized spacial score (nSPS) is 32.2. The fourth-order valence-corrected chi connectivity index (χ4v) is 4.46. The van der Waals surface area contributed by atoms with Crippen molar-refractivity contribution in [2.24, 2.45) is 17.8 Å². The smallest absolute Gasteiger partial charge is 0.310 e. The van der Waals surface area contributed by atoms with Gasteiger partial charge in [0.15, 0.2) is 0 Å². The molecule has 0 spiro atoms. The summed E-state index contributed by atoms with van der Waals surface area (Å²) < 4.78 is 29.7. The summed E-state index contributed by atoms with van der Waals surface area (Å²) in [4.78, 5) is 14.0. The lowest BCUT2D eigenvalue weighted by atomic mass is 9.99. The molecule has 0 saturated carbocycles. The van der Waals surface area contributed by atoms with E-state index < -0.39 is 10.0 Å². The highest BCUT2D eigenvalue weighted by Gasteiger charge is 2.37. The SMILES string of the molecule is COC(=O)C1CN(CC2CCCN(S(C)(=O)=O)C2)CC1C. The molecule has 3 atom stereocenters. The van der Waals surface area contributed by atoms with Crippen LogP contribution in [0.3, 0.4) is 0 Å². The van der Waals surface area contributed by atoms with E-state index >= 15 is 0 Å². The van der Waals surface area contributed by atoms with Crippen LogP contribution in [0.2, 0.25) is 0 Å². The zero-order chi connectivity index (χ0) is 15.6. The quantitative estimate of drug-likeness (QED) is 0.702. The van der Waals surface area contributed by atoms with Crippen LogP contribution in [0.25, 0.3) is 0 Å². The van der Waals surface area contributed by atoms with Gasteiger partial charge in [-0.05, 0) is 24.7 Å². The Morgan fingerprint density at radius 3 is 2.62 bits per heavy atom. The summed E-state index contributed by atoms with van der Waals surface area (Å²) in [5, 5.41) is 0. The molecule has 2 aliphatic heterocycles. The van der Waals surface area contributed by atoms with Crippen LogP contribution >= 0.6 is 0 Å². The van der Waals surface area contributed by atoms with Crippen LogP contribution < -0.4 is 0 Å². The second kappa shape index (κ2) is 6.62. The number of carbonyl (C=O) groups is 1. The van der Waals surface area contributed by atoms with Crippen LogP contribution in [0.4, 0.5) is 0 Å². The molecule has 0 radical (unpaired) electrons. The number of sulfonamides is 1. The van der Waals surface area contributed by atoms with E-state index in [0.29, 0.717) is 24.9 Å². The van der Waals surface area contributed by atoms with Crippen LogP contribution in [-0.2, 0) is 19.6 Å². The van der Waals surface area contributed by atoms with Gasteiger partial charge in [0, 0.05) is 32.7 Å². The number of rotatable bonds is 4. The van der Waals surface area contributed by atoms with Crippen molar-refractivity contribution in [2.75, 3.05) is 46.1 Å². The number of piperidine rings is 1. The summed E-state index contributed by atoms with van der Waals surface area (Å²) in [5.74, 6) is 0.472. The van der Waals surface area contributed by atoms with Gasteiger partial charge in [-0.15, -0.1) is 0 Å². The Morgan fingerprint density at radius 1 is 1.29 bits per heavy atom. The molecule has 0 aliphatic carbocycles. The number of ether oxygens (including phenoxy) is 1. The van der Waals surface area contributed by atoms with Crippen molar-refractivity contribution in [3.63, 3.8) is 0 Å². The fourth-order valence-electron chi connectivity index (χ4n) is 3.52. The van der Waals surface area contributed by atoms with Gasteiger partial charge in [0.1, 0.15) is 0 Å². The molecule has 2 aliphatic rings. The Morgan fingerprint density at radius 2 is 2.00 bits per heavy atom. The highest BCUT2D eigenvalue weighted by molar-refractivity contribution is 7.88. The first-order valence-electron chi connectivity index (χ1n) is 7.56. The van der Waals surface area contributed by atoms with Gasteiger partial charge in [0.2, 0.25) is 10.0 Å². The molecule has 7 heteroatoms. The van der Waals surface area contributed by atoms with Crippen molar-refractivity contribution in [3.05, 3.63) is 0 Å². The van der Waals surface area contributed by atoms with E-state index in [1.54, 1.807) is 4.31 Å². The van der Waals surface area contributed by atoms with Crippen LogP contribution in [0, 0.1) is 17.8 Å². The molecular formula is C14H26N2O4S. The van der Waals surface area contributed by atoms with Crippen molar-refractivity contribution in [3.8, 4) is 0 Å². The lowest BCUT2D eigenvalue weighted by Crippen LogP contribution is -2.43. The number of carbonyl (C=O) groups excluding carboxylic acids is 1. The second-order valence-electron chi connectivity index (χ2n) is 6.45. The van der Waals surface area contributed by atoms with Gasteiger partial charge >= 0.3 is 5.97 Å². The average Bonchev–Trinajstić information content (AvgIpc) is 2.78. The Kier molecular flexibility index (Phi) is 5.27. The van der Waals surface area contributed by atoms with E-state index in [1.807, 2.05) is 0 Å². The summed E-state index contributed by atoms with van der Waals surface area (Å²) in [6, 6.07) is 0. The zero-order valence-electron chi connectivity index (χ0n) is 13.1. The first kappa shape index (κ1) is 16.7. The lowest BCUT2D eigenvalue weighted by molar-refractivity contribution is -0.146. The van der Waals surface area contributed by atoms with E-state index in [0.717, 1.165) is 32.5 Å². The largest absolute Gasteiger partial charge is 0.469 e. The molecule has 0 aromatic carbocycles. The Labute approximate surface area is 127 Å². The predicted octanol–water partition coefficient (Wildman–Crippen LogP) is 0.399. The molecule has 0 N–H and O–H groups in total. The number of nitrogens with zero attached hydrogens (tertiary/aromatic N) is 2. The highest BCUT2D eigenvalue weighted by atomic mass is 32.2. The van der Waals surface area contributed by atoms with Gasteiger partial charge in [-0.2, -0.15) is 0 Å². The maximum absolute atomic E-state index is 11.7. The molecule has 2 rings (SSSR count). The van der Waals surface area contributed by atoms with Crippen LogP contribution in [0.1, 0.15) is 19.8 Å². The van der Waals surface area contributed by atoms with Gasteiger partial charge in [-0.25, -0.2) is 12.7 Å². The predicted molar refractivity (Wildman–Crippen MR) is 80.3 cm³/mol. The summed E-state index contributed by atoms with van der Waals surface area (Å²) in [6.45, 7) is 5.79. The molecule has 2 saturated heterocycles. The molecule has 2 fully saturated rings. The summed E-state index contributed by atoms with van der Waals surface area (Å²) in [6.07, 6.45) is 3.25. The van der Waals surface area contributed by atoms with Crippen LogP contribution in [0.5, 0.6) is 0 Å². The van der Waals surface area contributed by atoms with E-state index in [1.165, 1.54) is 13.4 Å². The topological polar surface area (TPSA) is 66.9 Å². The standard InChI is InChI=1S/C14H26N2O4S/c1-11-7-15(10-13(11)14(17)20-2)8-12-5-4-6-16(9-12)21(3,18)19/h11-13H,4-10H2,1-3H3. The molecule has 0 amide bonds. The van der Waals surface area contributed by atoms with Crippen molar-refractivity contribution >= 4 is 16.0 Å². The third-order valence-electron chi connectivity index (χ3n) is 4.66. The van der Waals surface area contributed by atoms with E-state index in [2.05, 4.69) is 11.8 Å². The van der Waals surface area contributed by atoms with Crippen molar-refractivity contribution in [1.29, 1.82) is 0 Å². The van der Waals surface area contributed by atoms with E-state index in [-0.39, 0.29) is 11.9 Å². The number of esters is 1. The summed E-state index contributed by atoms with van der Waals surface area (Å²) in [7, 11) is -1.66. The van der Waals surface area contributed by atoms with E-state index in [9.17, 15) is 13.2 Å². The van der Waals surface area contributed by atoms with Gasteiger partial charge in [0.25, 0.3) is 0 Å². The molecule has 3 unspecified atom stereocenters. The molecule has 0 bridgehead atoms. The Balaban J connectivity index is 1.89. The van der Waals surface area contributed by atoms with Gasteiger partial charge in [-0.1, -0.05) is 6.92 Å². The van der Waals surface area contributed by atoms with Gasteiger partial charge in [0.05, 0.1) is 19.3 Å². The Bertz CT molecular complexity index is 479. The van der Waals surface area contributed by atoms with Crippen molar-refractivity contribution < 1.29 is 17.9 Å². The third-order valence-corrected chi connectivity index (χ3v) is 5.93. The minimum Gasteiger partial charge on any atom is -0.469 e. The fraction of sp³-hybridized carbons (Fsp3) is 0.929. The number of hydrogen-bond acceptors (Lipinski definition) is 5. The number of methoxy groups -OCH3 is 1. The highest BCUT2D eigenvalue weighted by Crippen LogP contribution is 2.27. The van der Waals surface area contributed by atoms with Crippen LogP contribution in [-0.4, -0.2) is 69.7 Å². The zero-order valence-corrected chi connectivity index (χ0v) is 13.9. The van der Waals surface area contributed by atoms with Gasteiger partial charge in [-0.3, -0.25) is 4.79 Å². The number of hydrogen-bond donors (Lipinski definition) is 0. The molecule has 21 heavy (non-hydrogen) atoms. The molecular weight excluding hydrogens is 292 g/mol. The summed E-state index contributed by atoms with van der Waals surface area (Å²) in [5.41, 5.74) is 0. The molecule has 0 aromatic rings. The van der Waals surface area contributed by atoms with Gasteiger partial charge < -0.3 is 9.64 Å². The maximum Gasteiger partial charge on any atom is 0.310 e. The molecule has 2 heterocycles. The lowest BCUT2D eigenvalue weighted by Gasteiger charge is -2.33. The van der Waals surface area contributed by atoms with Crippen LogP contribution in [0.15, 0.2) is 0 Å². The first-order chi connectivity index (χ1) is 9.81. The minimum atomic E-state index is -3.09. The van der Waals surface area contributed by atoms with Crippen molar-refractivity contribution in [2.45, 2.75) is 19.8 Å². The molecule has 122 valence electrons. The van der Waals surface area contributed by atoms with E-state index in [4.69, 9.17) is 4.74 Å². The maximum atomic E-state index is 11.7. The van der Waals surface area contributed by atoms with Crippen molar-refractivity contribution in [1.82, 2.24) is 9.21 Å². The molecule has 0 aromatic heterocycles. The molecule has 6 nitrogen and oxygen atoms in total.